The number of hydrogen-bond acceptors (Lipinski definition) is 3. The van der Waals surface area contributed by atoms with Gasteiger partial charge >= 0.3 is 0 Å². The molecular formula is C15H13Cl2FN2O3. The zero-order valence-corrected chi connectivity index (χ0v) is 13.5. The van der Waals surface area contributed by atoms with E-state index in [9.17, 15) is 14.0 Å². The summed E-state index contributed by atoms with van der Waals surface area (Å²) in [6.45, 7) is 1.39. The molecule has 0 spiro atoms. The molecule has 0 aliphatic heterocycles. The molecule has 0 radical (unpaired) electrons. The van der Waals surface area contributed by atoms with E-state index in [0.717, 1.165) is 6.07 Å². The lowest BCUT2D eigenvalue weighted by Gasteiger charge is -2.16. The lowest BCUT2D eigenvalue weighted by atomic mass is 10.1. The molecule has 2 N–H and O–H groups in total. The molecule has 0 unspecified atom stereocenters. The summed E-state index contributed by atoms with van der Waals surface area (Å²) >= 11 is 11.6. The van der Waals surface area contributed by atoms with Gasteiger partial charge in [0.05, 0.1) is 23.9 Å². The van der Waals surface area contributed by atoms with Crippen LogP contribution in [0.15, 0.2) is 34.9 Å². The van der Waals surface area contributed by atoms with Crippen LogP contribution < -0.4 is 10.6 Å². The van der Waals surface area contributed by atoms with Crippen molar-refractivity contribution in [2.45, 2.75) is 13.0 Å². The van der Waals surface area contributed by atoms with E-state index in [1.807, 2.05) is 0 Å². The first-order valence-electron chi connectivity index (χ1n) is 6.64. The topological polar surface area (TPSA) is 71.3 Å². The molecule has 1 aromatic heterocycles. The van der Waals surface area contributed by atoms with Gasteiger partial charge in [-0.05, 0) is 36.8 Å². The number of carbonyl (C=O) groups is 2. The normalized spacial score (nSPS) is 11.8. The Kier molecular flexibility index (Phi) is 5.63. The first-order chi connectivity index (χ1) is 10.9. The first kappa shape index (κ1) is 17.3. The summed E-state index contributed by atoms with van der Waals surface area (Å²) in [7, 11) is 0. The molecule has 0 bridgehead atoms. The summed E-state index contributed by atoms with van der Waals surface area (Å²) in [5.74, 6) is -1.48. The summed E-state index contributed by atoms with van der Waals surface area (Å²) in [4.78, 5) is 23.5. The molecule has 0 aliphatic rings. The van der Waals surface area contributed by atoms with E-state index in [1.54, 1.807) is 13.0 Å². The molecule has 0 aliphatic carbocycles. The Morgan fingerprint density at radius 2 is 2.04 bits per heavy atom. The molecule has 0 saturated heterocycles. The van der Waals surface area contributed by atoms with E-state index in [4.69, 9.17) is 27.6 Å². The van der Waals surface area contributed by atoms with Crippen LogP contribution in [0.2, 0.25) is 10.0 Å². The van der Waals surface area contributed by atoms with Crippen LogP contribution in [-0.4, -0.2) is 18.4 Å². The van der Waals surface area contributed by atoms with Gasteiger partial charge in [-0.3, -0.25) is 9.59 Å². The van der Waals surface area contributed by atoms with E-state index in [0.29, 0.717) is 5.56 Å². The van der Waals surface area contributed by atoms with Crippen LogP contribution in [0.5, 0.6) is 0 Å². The van der Waals surface area contributed by atoms with Crippen LogP contribution in [0.4, 0.5) is 4.39 Å². The van der Waals surface area contributed by atoms with Gasteiger partial charge in [-0.25, -0.2) is 4.39 Å². The van der Waals surface area contributed by atoms with Crippen molar-refractivity contribution >= 4 is 35.0 Å². The zero-order valence-electron chi connectivity index (χ0n) is 12.0. The molecule has 2 amide bonds. The van der Waals surface area contributed by atoms with Crippen LogP contribution in [0, 0.1) is 5.82 Å². The summed E-state index contributed by atoms with van der Waals surface area (Å²) in [5.41, 5.74) is 0.388. The number of amides is 2. The van der Waals surface area contributed by atoms with E-state index in [-0.39, 0.29) is 22.4 Å². The number of rotatable bonds is 5. The predicted molar refractivity (Wildman–Crippen MR) is 84.0 cm³/mol. The number of furan rings is 1. The lowest BCUT2D eigenvalue weighted by Crippen LogP contribution is -2.38. The molecular weight excluding hydrogens is 346 g/mol. The van der Waals surface area contributed by atoms with Crippen molar-refractivity contribution in [3.8, 4) is 0 Å². The zero-order chi connectivity index (χ0) is 17.0. The maximum atomic E-state index is 13.5. The maximum Gasteiger partial charge on any atom is 0.287 e. The van der Waals surface area contributed by atoms with Gasteiger partial charge < -0.3 is 15.1 Å². The van der Waals surface area contributed by atoms with Crippen molar-refractivity contribution in [1.82, 2.24) is 10.6 Å². The molecule has 1 atom stereocenters. The van der Waals surface area contributed by atoms with Crippen LogP contribution >= 0.6 is 23.2 Å². The molecule has 5 nitrogen and oxygen atoms in total. The fourth-order valence-electron chi connectivity index (χ4n) is 1.90. The second-order valence-electron chi connectivity index (χ2n) is 4.74. The summed E-state index contributed by atoms with van der Waals surface area (Å²) in [6, 6.07) is 4.93. The molecule has 23 heavy (non-hydrogen) atoms. The third-order valence-corrected chi connectivity index (χ3v) is 3.66. The minimum absolute atomic E-state index is 0.0945. The molecule has 1 heterocycles. The van der Waals surface area contributed by atoms with Crippen molar-refractivity contribution in [3.63, 3.8) is 0 Å². The van der Waals surface area contributed by atoms with E-state index in [1.165, 1.54) is 18.4 Å². The molecule has 122 valence electrons. The molecule has 2 aromatic rings. The third kappa shape index (κ3) is 4.46. The summed E-state index contributed by atoms with van der Waals surface area (Å²) in [6.07, 6.45) is 1.36. The minimum Gasteiger partial charge on any atom is -0.459 e. The SMILES string of the molecule is C[C@H](NC(=O)CNC(=O)c1ccco1)c1cc(F)c(Cl)cc1Cl. The van der Waals surface area contributed by atoms with Gasteiger partial charge in [0.15, 0.2) is 5.76 Å². The third-order valence-electron chi connectivity index (χ3n) is 3.04. The van der Waals surface area contributed by atoms with Crippen molar-refractivity contribution in [2.24, 2.45) is 0 Å². The van der Waals surface area contributed by atoms with Gasteiger partial charge in [-0.15, -0.1) is 0 Å². The Morgan fingerprint density at radius 3 is 2.70 bits per heavy atom. The highest BCUT2D eigenvalue weighted by Crippen LogP contribution is 2.28. The maximum absolute atomic E-state index is 13.5. The minimum atomic E-state index is -0.627. The van der Waals surface area contributed by atoms with Gasteiger partial charge in [0.25, 0.3) is 5.91 Å². The quantitative estimate of drug-likeness (QED) is 0.805. The average Bonchev–Trinajstić information content (AvgIpc) is 3.02. The number of halogens is 3. The predicted octanol–water partition coefficient (Wildman–Crippen LogP) is 3.33. The van der Waals surface area contributed by atoms with Gasteiger partial charge in [-0.2, -0.15) is 0 Å². The number of carbonyl (C=O) groups excluding carboxylic acids is 2. The van der Waals surface area contributed by atoms with Crippen molar-refractivity contribution < 1.29 is 18.4 Å². The van der Waals surface area contributed by atoms with Crippen LogP contribution in [0.25, 0.3) is 0 Å². The van der Waals surface area contributed by atoms with E-state index >= 15 is 0 Å². The van der Waals surface area contributed by atoms with Crippen molar-refractivity contribution in [2.75, 3.05) is 6.54 Å². The highest BCUT2D eigenvalue weighted by Gasteiger charge is 2.16. The highest BCUT2D eigenvalue weighted by molar-refractivity contribution is 6.35. The first-order valence-corrected chi connectivity index (χ1v) is 7.39. The Balaban J connectivity index is 1.92. The lowest BCUT2D eigenvalue weighted by molar-refractivity contribution is -0.120. The second-order valence-corrected chi connectivity index (χ2v) is 5.55. The van der Waals surface area contributed by atoms with E-state index in [2.05, 4.69) is 10.6 Å². The molecule has 1 aromatic carbocycles. The van der Waals surface area contributed by atoms with Crippen LogP contribution in [-0.2, 0) is 4.79 Å². The number of benzene rings is 1. The standard InChI is InChI=1S/C15H13Cl2FN2O3/c1-8(9-5-12(18)11(17)6-10(9)16)20-14(21)7-19-15(22)13-3-2-4-23-13/h2-6,8H,7H2,1H3,(H,19,22)(H,20,21)/t8-/m0/s1. The fraction of sp³-hybridized carbons (Fsp3) is 0.200. The van der Waals surface area contributed by atoms with Crippen molar-refractivity contribution in [3.05, 3.63) is 57.7 Å². The van der Waals surface area contributed by atoms with Crippen LogP contribution in [0.1, 0.15) is 29.1 Å². The average molecular weight is 359 g/mol. The Morgan fingerprint density at radius 1 is 1.30 bits per heavy atom. The molecule has 2 rings (SSSR count). The van der Waals surface area contributed by atoms with Crippen LogP contribution in [0.3, 0.4) is 0 Å². The van der Waals surface area contributed by atoms with Gasteiger partial charge in [-0.1, -0.05) is 23.2 Å². The Labute approximate surface area is 141 Å². The van der Waals surface area contributed by atoms with Gasteiger partial charge in [0.2, 0.25) is 5.91 Å². The Hall–Kier alpha value is -2.05. The fourth-order valence-corrected chi connectivity index (χ4v) is 2.44. The summed E-state index contributed by atoms with van der Waals surface area (Å²) < 4.78 is 18.4. The smallest absolute Gasteiger partial charge is 0.287 e. The highest BCUT2D eigenvalue weighted by atomic mass is 35.5. The second kappa shape index (κ2) is 7.48. The van der Waals surface area contributed by atoms with Gasteiger partial charge in [0, 0.05) is 5.02 Å². The molecule has 0 saturated carbocycles. The number of hydrogen-bond donors (Lipinski definition) is 2. The van der Waals surface area contributed by atoms with E-state index < -0.39 is 23.7 Å². The molecule has 0 fully saturated rings. The Bertz CT molecular complexity index is 720. The summed E-state index contributed by atoms with van der Waals surface area (Å²) in [5, 5.41) is 5.15. The monoisotopic (exact) mass is 358 g/mol. The van der Waals surface area contributed by atoms with Crippen molar-refractivity contribution in [1.29, 1.82) is 0 Å². The molecule has 8 heteroatoms. The number of nitrogens with one attached hydrogen (secondary N) is 2. The van der Waals surface area contributed by atoms with Gasteiger partial charge in [0.1, 0.15) is 5.82 Å². The largest absolute Gasteiger partial charge is 0.459 e.